The number of furan rings is 1. The van der Waals surface area contributed by atoms with Gasteiger partial charge in [-0.1, -0.05) is 11.8 Å². The molecule has 0 saturated carbocycles. The molecule has 0 aliphatic carbocycles. The summed E-state index contributed by atoms with van der Waals surface area (Å²) in [5.74, 6) is -0.483. The highest BCUT2D eigenvalue weighted by molar-refractivity contribution is 7.98. The summed E-state index contributed by atoms with van der Waals surface area (Å²) in [6, 6.07) is 8.76. The number of hydrogen-bond acceptors (Lipinski definition) is 5. The van der Waals surface area contributed by atoms with E-state index in [4.69, 9.17) is 10.2 Å². The molecule has 32 heavy (non-hydrogen) atoms. The van der Waals surface area contributed by atoms with E-state index < -0.39 is 29.3 Å². The molecular weight excluding hydrogens is 448 g/mol. The zero-order valence-electron chi connectivity index (χ0n) is 16.6. The maximum atomic E-state index is 14.3. The minimum absolute atomic E-state index is 0.113. The number of hydrogen-bond donors (Lipinski definition) is 1. The normalized spacial score (nSPS) is 13.2. The van der Waals surface area contributed by atoms with Gasteiger partial charge in [-0.15, -0.1) is 0 Å². The van der Waals surface area contributed by atoms with E-state index in [0.717, 1.165) is 10.7 Å². The van der Waals surface area contributed by atoms with E-state index in [2.05, 4.69) is 4.99 Å². The molecule has 166 valence electrons. The first-order chi connectivity index (χ1) is 15.2. The Bertz CT molecular complexity index is 1190. The molecule has 1 aliphatic rings. The Balaban J connectivity index is 1.63. The second kappa shape index (κ2) is 8.23. The lowest BCUT2D eigenvalue weighted by Crippen LogP contribution is -2.32. The fraction of sp³-hybridized carbons (Fsp3) is 0.143. The molecule has 0 fully saturated rings. The molecular formula is C21H16F4N4O2S. The van der Waals surface area contributed by atoms with Crippen LogP contribution in [0.5, 0.6) is 0 Å². The number of thioether (sulfide) groups is 1. The smallest absolute Gasteiger partial charge is 0.416 e. The molecule has 2 N–H and O–H groups in total. The molecule has 1 aliphatic heterocycles. The molecule has 0 spiro atoms. The van der Waals surface area contributed by atoms with Crippen molar-refractivity contribution in [1.29, 1.82) is 0 Å². The number of urea groups is 1. The van der Waals surface area contributed by atoms with Gasteiger partial charge in [-0.25, -0.2) is 14.2 Å². The van der Waals surface area contributed by atoms with Gasteiger partial charge in [-0.3, -0.25) is 4.90 Å². The molecule has 0 atom stereocenters. The SMILES string of the molecule is CSc1cc2c(o1)N=CN(c1ccc(N(C(N)=O)c3cc(C(F)(F)F)ccc3F)cc1)C2. The number of alkyl halides is 3. The van der Waals surface area contributed by atoms with Gasteiger partial charge >= 0.3 is 12.2 Å². The van der Waals surface area contributed by atoms with Crippen molar-refractivity contribution in [2.75, 3.05) is 16.1 Å². The third kappa shape index (κ3) is 4.15. The average Bonchev–Trinajstić information content (AvgIpc) is 3.17. The molecule has 2 amide bonds. The predicted molar refractivity (Wildman–Crippen MR) is 114 cm³/mol. The maximum Gasteiger partial charge on any atom is 0.416 e. The molecule has 0 saturated heterocycles. The van der Waals surface area contributed by atoms with Crippen LogP contribution in [0.15, 0.2) is 63.0 Å². The Morgan fingerprint density at radius 3 is 2.53 bits per heavy atom. The second-order valence-corrected chi connectivity index (χ2v) is 7.64. The van der Waals surface area contributed by atoms with Crippen molar-refractivity contribution < 1.29 is 26.8 Å². The molecule has 0 radical (unpaired) electrons. The summed E-state index contributed by atoms with van der Waals surface area (Å²) in [6.07, 6.45) is -1.23. The Kier molecular flexibility index (Phi) is 5.59. The molecule has 2 heterocycles. The Labute approximate surface area is 184 Å². The zero-order chi connectivity index (χ0) is 23.0. The molecule has 0 unspecified atom stereocenters. The quantitative estimate of drug-likeness (QED) is 0.376. The van der Waals surface area contributed by atoms with E-state index in [-0.39, 0.29) is 5.69 Å². The van der Waals surface area contributed by atoms with Crippen LogP contribution in [0.3, 0.4) is 0 Å². The number of halogens is 4. The monoisotopic (exact) mass is 464 g/mol. The average molecular weight is 464 g/mol. The van der Waals surface area contributed by atoms with Crippen molar-refractivity contribution in [1.82, 2.24) is 0 Å². The van der Waals surface area contributed by atoms with E-state index in [1.165, 1.54) is 23.9 Å². The van der Waals surface area contributed by atoms with Crippen LogP contribution in [0.4, 0.5) is 45.3 Å². The lowest BCUT2D eigenvalue weighted by atomic mass is 10.1. The van der Waals surface area contributed by atoms with E-state index in [0.29, 0.717) is 41.2 Å². The minimum atomic E-state index is -4.70. The van der Waals surface area contributed by atoms with Gasteiger partial charge in [-0.2, -0.15) is 13.2 Å². The Morgan fingerprint density at radius 1 is 1.19 bits per heavy atom. The van der Waals surface area contributed by atoms with Crippen LogP contribution in [0.25, 0.3) is 0 Å². The number of nitrogens with two attached hydrogens (primary N) is 1. The maximum absolute atomic E-state index is 14.3. The minimum Gasteiger partial charge on any atom is -0.432 e. The summed E-state index contributed by atoms with van der Waals surface area (Å²) in [7, 11) is 0. The first kappa shape index (κ1) is 21.8. The van der Waals surface area contributed by atoms with E-state index in [9.17, 15) is 22.4 Å². The standard InChI is InChI=1S/C21H16F4N4O2S/c1-32-18-8-12-10-28(11-27-19(12)31-18)14-3-5-15(6-4-14)29(20(26)30)17-9-13(21(23,24)25)2-7-16(17)22/h2-9,11H,10H2,1H3,(H2,26,30). The van der Waals surface area contributed by atoms with Crippen LogP contribution in [0.1, 0.15) is 11.1 Å². The van der Waals surface area contributed by atoms with E-state index in [1.807, 2.05) is 17.2 Å². The molecule has 6 nitrogen and oxygen atoms in total. The fourth-order valence-corrected chi connectivity index (χ4v) is 3.68. The lowest BCUT2D eigenvalue weighted by Gasteiger charge is -2.25. The van der Waals surface area contributed by atoms with Gasteiger partial charge in [0.15, 0.2) is 5.09 Å². The van der Waals surface area contributed by atoms with Crippen molar-refractivity contribution >= 4 is 47.1 Å². The van der Waals surface area contributed by atoms with Crippen molar-refractivity contribution in [2.24, 2.45) is 10.7 Å². The fourth-order valence-electron chi connectivity index (χ4n) is 3.26. The van der Waals surface area contributed by atoms with E-state index in [1.54, 1.807) is 18.5 Å². The van der Waals surface area contributed by atoms with Gasteiger partial charge in [0, 0.05) is 11.3 Å². The number of benzene rings is 2. The number of anilines is 3. The van der Waals surface area contributed by atoms with Crippen molar-refractivity contribution in [3.05, 3.63) is 65.5 Å². The lowest BCUT2D eigenvalue weighted by molar-refractivity contribution is -0.137. The number of primary amides is 1. The number of aliphatic imine (C=N–C) groups is 1. The first-order valence-electron chi connectivity index (χ1n) is 9.21. The summed E-state index contributed by atoms with van der Waals surface area (Å²) in [5, 5.41) is 0.740. The summed E-state index contributed by atoms with van der Waals surface area (Å²) < 4.78 is 59.1. The topological polar surface area (TPSA) is 75.1 Å². The molecule has 3 aromatic rings. The Morgan fingerprint density at radius 2 is 1.91 bits per heavy atom. The number of rotatable bonds is 4. The van der Waals surface area contributed by atoms with Crippen LogP contribution in [0, 0.1) is 5.82 Å². The molecule has 11 heteroatoms. The van der Waals surface area contributed by atoms with Crippen LogP contribution in [-0.2, 0) is 12.7 Å². The van der Waals surface area contributed by atoms with Gasteiger partial charge in [-0.05, 0) is 54.8 Å². The number of nitrogens with zero attached hydrogens (tertiary/aromatic N) is 3. The number of amides is 2. The highest BCUT2D eigenvalue weighted by Crippen LogP contribution is 2.37. The van der Waals surface area contributed by atoms with Gasteiger partial charge in [0.05, 0.1) is 29.8 Å². The van der Waals surface area contributed by atoms with Crippen LogP contribution in [-0.4, -0.2) is 18.6 Å². The van der Waals surface area contributed by atoms with Crippen LogP contribution >= 0.6 is 11.8 Å². The summed E-state index contributed by atoms with van der Waals surface area (Å²) >= 11 is 1.46. The predicted octanol–water partition coefficient (Wildman–Crippen LogP) is 6.06. The largest absolute Gasteiger partial charge is 0.432 e. The molecule has 2 aromatic carbocycles. The highest BCUT2D eigenvalue weighted by atomic mass is 32.2. The van der Waals surface area contributed by atoms with Crippen LogP contribution in [0.2, 0.25) is 0 Å². The van der Waals surface area contributed by atoms with Gasteiger partial charge in [0.25, 0.3) is 0 Å². The molecule has 4 rings (SSSR count). The zero-order valence-corrected chi connectivity index (χ0v) is 17.4. The second-order valence-electron chi connectivity index (χ2n) is 6.83. The van der Waals surface area contributed by atoms with Crippen molar-refractivity contribution in [3.8, 4) is 0 Å². The number of fused-ring (bicyclic) bond motifs is 1. The van der Waals surface area contributed by atoms with Crippen molar-refractivity contribution in [3.63, 3.8) is 0 Å². The highest BCUT2D eigenvalue weighted by Gasteiger charge is 2.32. The van der Waals surface area contributed by atoms with Gasteiger partial charge in [0.1, 0.15) is 5.82 Å². The van der Waals surface area contributed by atoms with Gasteiger partial charge in [0.2, 0.25) is 5.88 Å². The van der Waals surface area contributed by atoms with E-state index >= 15 is 0 Å². The third-order valence-electron chi connectivity index (χ3n) is 4.79. The van der Waals surface area contributed by atoms with Gasteiger partial charge < -0.3 is 15.1 Å². The van der Waals surface area contributed by atoms with Crippen molar-refractivity contribution in [2.45, 2.75) is 17.8 Å². The number of carbonyl (C=O) groups excluding carboxylic acids is 1. The number of carbonyl (C=O) groups is 1. The first-order valence-corrected chi connectivity index (χ1v) is 10.4. The molecule has 0 bridgehead atoms. The third-order valence-corrected chi connectivity index (χ3v) is 5.40. The summed E-state index contributed by atoms with van der Waals surface area (Å²) in [5.41, 5.74) is 5.39. The molecule has 1 aromatic heterocycles. The summed E-state index contributed by atoms with van der Waals surface area (Å²) in [6.45, 7) is 0.490. The Hall–Kier alpha value is -3.47. The van der Waals surface area contributed by atoms with Crippen LogP contribution < -0.4 is 15.5 Å². The summed E-state index contributed by atoms with van der Waals surface area (Å²) in [4.78, 5) is 18.8.